The molecule has 0 bridgehead atoms. The molecular weight excluding hydrogens is 458 g/mol. The van der Waals surface area contributed by atoms with Gasteiger partial charge in [0.25, 0.3) is 0 Å². The number of hydrogen-bond acceptors (Lipinski definition) is 6. The van der Waals surface area contributed by atoms with Gasteiger partial charge in [0.05, 0.1) is 26.2 Å². The number of methoxy groups -OCH3 is 2. The number of anilines is 1. The van der Waals surface area contributed by atoms with Crippen LogP contribution < -0.4 is 19.1 Å². The number of rotatable bonds is 12. The smallest absolute Gasteiger partial charge is 0.244 e. The first-order valence-corrected chi connectivity index (χ1v) is 12.8. The molecule has 0 radical (unpaired) electrons. The van der Waals surface area contributed by atoms with E-state index < -0.39 is 28.5 Å². The molecule has 0 aromatic heterocycles. The summed E-state index contributed by atoms with van der Waals surface area (Å²) >= 11 is 0. The van der Waals surface area contributed by atoms with Gasteiger partial charge in [0.15, 0.2) is 0 Å². The van der Waals surface area contributed by atoms with Crippen molar-refractivity contribution >= 4 is 27.5 Å². The van der Waals surface area contributed by atoms with E-state index in [1.165, 1.54) is 12.0 Å². The van der Waals surface area contributed by atoms with Crippen molar-refractivity contribution in [3.8, 4) is 11.5 Å². The molecule has 9 nitrogen and oxygen atoms in total. The Morgan fingerprint density at radius 1 is 1.06 bits per heavy atom. The fraction of sp³-hybridized carbons (Fsp3) is 0.417. The molecule has 0 saturated heterocycles. The van der Waals surface area contributed by atoms with Gasteiger partial charge in [-0.25, -0.2) is 8.42 Å². The maximum atomic E-state index is 13.5. The number of amides is 2. The average molecular weight is 492 g/mol. The standard InChI is InChI=1S/C24H33N3O6S/c1-6-14-25-24(29)18(2)26(16-19-10-9-11-20(15-19)32-3)23(28)17-27(34(5,30)31)21-12-7-8-13-22(21)33-4/h7-13,15,18H,6,14,16-17H2,1-5H3,(H,25,29). The van der Waals surface area contributed by atoms with Crippen LogP contribution >= 0.6 is 0 Å². The minimum absolute atomic E-state index is 0.0975. The number of sulfonamides is 1. The van der Waals surface area contributed by atoms with Gasteiger partial charge in [0.1, 0.15) is 24.1 Å². The van der Waals surface area contributed by atoms with Crippen LogP contribution in [0, 0.1) is 0 Å². The van der Waals surface area contributed by atoms with E-state index in [1.807, 2.05) is 13.0 Å². The Labute approximate surface area is 201 Å². The van der Waals surface area contributed by atoms with E-state index in [2.05, 4.69) is 5.32 Å². The number of nitrogens with one attached hydrogen (secondary N) is 1. The Morgan fingerprint density at radius 3 is 2.38 bits per heavy atom. The van der Waals surface area contributed by atoms with Gasteiger partial charge in [0.2, 0.25) is 21.8 Å². The zero-order valence-electron chi connectivity index (χ0n) is 20.3. The molecule has 1 unspecified atom stereocenters. The summed E-state index contributed by atoms with van der Waals surface area (Å²) < 4.78 is 36.9. The zero-order chi connectivity index (χ0) is 25.3. The molecule has 0 saturated carbocycles. The highest BCUT2D eigenvalue weighted by atomic mass is 32.2. The Bertz CT molecular complexity index is 1090. The summed E-state index contributed by atoms with van der Waals surface area (Å²) in [6.45, 7) is 3.63. The number of para-hydroxylation sites is 2. The van der Waals surface area contributed by atoms with Gasteiger partial charge in [-0.3, -0.25) is 13.9 Å². The van der Waals surface area contributed by atoms with Gasteiger partial charge in [-0.15, -0.1) is 0 Å². The molecule has 0 aliphatic heterocycles. The molecule has 2 amide bonds. The summed E-state index contributed by atoms with van der Waals surface area (Å²) in [5.74, 6) is 0.0770. The third-order valence-electron chi connectivity index (χ3n) is 5.24. The lowest BCUT2D eigenvalue weighted by molar-refractivity contribution is -0.139. The molecule has 0 fully saturated rings. The summed E-state index contributed by atoms with van der Waals surface area (Å²) in [5.41, 5.74) is 0.983. The van der Waals surface area contributed by atoms with Crippen LogP contribution in [0.25, 0.3) is 0 Å². The van der Waals surface area contributed by atoms with E-state index in [4.69, 9.17) is 9.47 Å². The molecule has 0 spiro atoms. The lowest BCUT2D eigenvalue weighted by Gasteiger charge is -2.31. The number of nitrogens with zero attached hydrogens (tertiary/aromatic N) is 2. The van der Waals surface area contributed by atoms with E-state index in [0.29, 0.717) is 18.0 Å². The van der Waals surface area contributed by atoms with Crippen molar-refractivity contribution in [3.63, 3.8) is 0 Å². The minimum Gasteiger partial charge on any atom is -0.497 e. The molecule has 10 heteroatoms. The second-order valence-electron chi connectivity index (χ2n) is 7.78. The van der Waals surface area contributed by atoms with E-state index in [0.717, 1.165) is 22.5 Å². The Morgan fingerprint density at radius 2 is 1.76 bits per heavy atom. The quantitative estimate of drug-likeness (QED) is 0.489. The largest absolute Gasteiger partial charge is 0.497 e. The van der Waals surface area contributed by atoms with E-state index in [-0.39, 0.29) is 18.1 Å². The topological polar surface area (TPSA) is 105 Å². The summed E-state index contributed by atoms with van der Waals surface area (Å²) in [5, 5.41) is 2.80. The Balaban J connectivity index is 2.42. The lowest BCUT2D eigenvalue weighted by atomic mass is 10.1. The van der Waals surface area contributed by atoms with Crippen molar-refractivity contribution in [2.75, 3.05) is 37.9 Å². The molecule has 34 heavy (non-hydrogen) atoms. The number of carbonyl (C=O) groups excluding carboxylic acids is 2. The average Bonchev–Trinajstić information content (AvgIpc) is 2.83. The predicted octanol–water partition coefficient (Wildman–Crippen LogP) is 2.41. The van der Waals surface area contributed by atoms with Crippen LogP contribution in [0.3, 0.4) is 0 Å². The summed E-state index contributed by atoms with van der Waals surface area (Å²) in [6, 6.07) is 12.9. The first-order chi connectivity index (χ1) is 16.1. The number of carbonyl (C=O) groups is 2. The van der Waals surface area contributed by atoms with E-state index >= 15 is 0 Å². The third kappa shape index (κ3) is 7.11. The highest BCUT2D eigenvalue weighted by molar-refractivity contribution is 7.92. The van der Waals surface area contributed by atoms with Crippen LogP contribution in [-0.2, 0) is 26.2 Å². The molecule has 0 aliphatic carbocycles. The number of ether oxygens (including phenoxy) is 2. The van der Waals surface area contributed by atoms with Gasteiger partial charge in [-0.05, 0) is 43.2 Å². The monoisotopic (exact) mass is 491 g/mol. The van der Waals surface area contributed by atoms with Crippen molar-refractivity contribution in [2.45, 2.75) is 32.9 Å². The van der Waals surface area contributed by atoms with E-state index in [9.17, 15) is 18.0 Å². The summed E-state index contributed by atoms with van der Waals surface area (Å²) in [4.78, 5) is 27.6. The molecule has 0 aliphatic rings. The normalized spacial score (nSPS) is 11.9. The number of hydrogen-bond donors (Lipinski definition) is 1. The van der Waals surface area contributed by atoms with Crippen molar-refractivity contribution in [3.05, 3.63) is 54.1 Å². The maximum absolute atomic E-state index is 13.5. The van der Waals surface area contributed by atoms with Crippen molar-refractivity contribution in [2.24, 2.45) is 0 Å². The van der Waals surface area contributed by atoms with Crippen molar-refractivity contribution in [1.29, 1.82) is 0 Å². The second-order valence-corrected chi connectivity index (χ2v) is 9.69. The fourth-order valence-corrected chi connectivity index (χ4v) is 4.23. The molecule has 2 aromatic carbocycles. The predicted molar refractivity (Wildman–Crippen MR) is 131 cm³/mol. The molecule has 2 rings (SSSR count). The second kappa shape index (κ2) is 12.3. The molecule has 2 aromatic rings. The Kier molecular flexibility index (Phi) is 9.73. The molecule has 0 heterocycles. The summed E-state index contributed by atoms with van der Waals surface area (Å²) in [7, 11) is -0.869. The van der Waals surface area contributed by atoms with Gasteiger partial charge < -0.3 is 19.7 Å². The van der Waals surface area contributed by atoms with E-state index in [1.54, 1.807) is 56.5 Å². The van der Waals surface area contributed by atoms with Gasteiger partial charge in [-0.1, -0.05) is 31.2 Å². The Hall–Kier alpha value is -3.27. The van der Waals surface area contributed by atoms with Gasteiger partial charge in [0, 0.05) is 13.1 Å². The summed E-state index contributed by atoms with van der Waals surface area (Å²) in [6.07, 6.45) is 1.77. The van der Waals surface area contributed by atoms with Crippen LogP contribution in [0.4, 0.5) is 5.69 Å². The highest BCUT2D eigenvalue weighted by Gasteiger charge is 2.31. The first-order valence-electron chi connectivity index (χ1n) is 10.9. The maximum Gasteiger partial charge on any atom is 0.244 e. The van der Waals surface area contributed by atoms with Crippen LogP contribution in [0.15, 0.2) is 48.5 Å². The zero-order valence-corrected chi connectivity index (χ0v) is 21.1. The SMILES string of the molecule is CCCNC(=O)C(C)N(Cc1cccc(OC)c1)C(=O)CN(c1ccccc1OC)S(C)(=O)=O. The van der Waals surface area contributed by atoms with Crippen LogP contribution in [0.1, 0.15) is 25.8 Å². The van der Waals surface area contributed by atoms with Gasteiger partial charge >= 0.3 is 0 Å². The minimum atomic E-state index is -3.84. The number of benzene rings is 2. The molecule has 1 N–H and O–H groups in total. The molecule has 186 valence electrons. The van der Waals surface area contributed by atoms with Crippen LogP contribution in [0.2, 0.25) is 0 Å². The fourth-order valence-electron chi connectivity index (χ4n) is 3.38. The molecule has 1 atom stereocenters. The van der Waals surface area contributed by atoms with Crippen molar-refractivity contribution in [1.82, 2.24) is 10.2 Å². The van der Waals surface area contributed by atoms with Gasteiger partial charge in [-0.2, -0.15) is 0 Å². The van der Waals surface area contributed by atoms with Crippen LogP contribution in [0.5, 0.6) is 11.5 Å². The molecular formula is C24H33N3O6S. The lowest BCUT2D eigenvalue weighted by Crippen LogP contribution is -2.51. The van der Waals surface area contributed by atoms with Crippen molar-refractivity contribution < 1.29 is 27.5 Å². The van der Waals surface area contributed by atoms with Crippen LogP contribution in [-0.4, -0.2) is 64.7 Å². The third-order valence-corrected chi connectivity index (χ3v) is 6.36. The highest BCUT2D eigenvalue weighted by Crippen LogP contribution is 2.29. The first kappa shape index (κ1) is 27.0.